The lowest BCUT2D eigenvalue weighted by atomic mass is 9.99. The van der Waals surface area contributed by atoms with Gasteiger partial charge in [-0.1, -0.05) is 6.42 Å². The highest BCUT2D eigenvalue weighted by Crippen LogP contribution is 2.26. The minimum Gasteiger partial charge on any atom is -0.469 e. The predicted octanol–water partition coefficient (Wildman–Crippen LogP) is 0.968. The van der Waals surface area contributed by atoms with Crippen LogP contribution in [0.25, 0.3) is 0 Å². The van der Waals surface area contributed by atoms with E-state index in [1.807, 2.05) is 0 Å². The smallest absolute Gasteiger partial charge is 0.246 e. The van der Waals surface area contributed by atoms with Crippen LogP contribution in [0.3, 0.4) is 0 Å². The van der Waals surface area contributed by atoms with E-state index in [-0.39, 0.29) is 17.7 Å². The Morgan fingerprint density at radius 1 is 1.38 bits per heavy atom. The van der Waals surface area contributed by atoms with E-state index < -0.39 is 0 Å². The summed E-state index contributed by atoms with van der Waals surface area (Å²) in [4.78, 5) is 7.91. The standard InChI is InChI=1S/C15H27N3O3/c1-15(8-12(19-2)9-16-15)14-17-20-11-13(21-14)10-18-6-4-3-5-7-18/h12-13,16H,3-11H2,1-2H3. The fraction of sp³-hybridized carbons (Fsp3) is 0.933. The SMILES string of the molecule is COC1CNC(C)(C2=NOCC(CN3CCCCC3)O2)C1. The van der Waals surface area contributed by atoms with Gasteiger partial charge in [-0.15, -0.1) is 0 Å². The van der Waals surface area contributed by atoms with E-state index in [2.05, 4.69) is 22.3 Å². The third-order valence-corrected chi connectivity index (χ3v) is 4.76. The minimum absolute atomic E-state index is 0.0795. The van der Waals surface area contributed by atoms with Crippen molar-refractivity contribution < 1.29 is 14.3 Å². The van der Waals surface area contributed by atoms with Crippen LogP contribution in [0.4, 0.5) is 0 Å². The van der Waals surface area contributed by atoms with E-state index in [0.29, 0.717) is 12.5 Å². The molecule has 120 valence electrons. The van der Waals surface area contributed by atoms with E-state index >= 15 is 0 Å². The lowest BCUT2D eigenvalue weighted by Gasteiger charge is -2.35. The summed E-state index contributed by atoms with van der Waals surface area (Å²) in [5.41, 5.74) is -0.277. The molecule has 0 amide bonds. The van der Waals surface area contributed by atoms with Crippen LogP contribution in [-0.2, 0) is 14.3 Å². The van der Waals surface area contributed by atoms with Crippen LogP contribution in [0.2, 0.25) is 0 Å². The van der Waals surface area contributed by atoms with Gasteiger partial charge < -0.3 is 19.6 Å². The highest BCUT2D eigenvalue weighted by atomic mass is 16.7. The first-order valence-corrected chi connectivity index (χ1v) is 8.07. The average molecular weight is 297 g/mol. The zero-order chi connectivity index (χ0) is 14.7. The van der Waals surface area contributed by atoms with Gasteiger partial charge in [0.1, 0.15) is 6.10 Å². The van der Waals surface area contributed by atoms with E-state index in [0.717, 1.165) is 19.5 Å². The first kappa shape index (κ1) is 15.1. The number of nitrogens with zero attached hydrogens (tertiary/aromatic N) is 2. The van der Waals surface area contributed by atoms with Gasteiger partial charge in [-0.25, -0.2) is 0 Å². The van der Waals surface area contributed by atoms with Crippen molar-refractivity contribution in [1.82, 2.24) is 10.2 Å². The van der Waals surface area contributed by atoms with E-state index in [1.54, 1.807) is 7.11 Å². The molecule has 6 heteroatoms. The Balaban J connectivity index is 1.56. The third kappa shape index (κ3) is 3.49. The molecule has 2 saturated heterocycles. The van der Waals surface area contributed by atoms with Gasteiger partial charge in [0.25, 0.3) is 0 Å². The van der Waals surface area contributed by atoms with Crippen molar-refractivity contribution in [3.63, 3.8) is 0 Å². The number of likely N-dealkylation sites (tertiary alicyclic amines) is 1. The first-order valence-electron chi connectivity index (χ1n) is 8.07. The van der Waals surface area contributed by atoms with E-state index in [4.69, 9.17) is 14.3 Å². The van der Waals surface area contributed by atoms with Crippen LogP contribution in [0, 0.1) is 0 Å². The van der Waals surface area contributed by atoms with Gasteiger partial charge in [0.2, 0.25) is 5.90 Å². The number of ether oxygens (including phenoxy) is 2. The molecule has 2 fully saturated rings. The Kier molecular flexibility index (Phi) is 4.66. The molecule has 3 atom stereocenters. The second-order valence-electron chi connectivity index (χ2n) is 6.57. The summed E-state index contributed by atoms with van der Waals surface area (Å²) < 4.78 is 11.6. The van der Waals surface area contributed by atoms with Crippen LogP contribution in [0.1, 0.15) is 32.6 Å². The van der Waals surface area contributed by atoms with E-state index in [1.165, 1.54) is 32.4 Å². The van der Waals surface area contributed by atoms with Gasteiger partial charge in [0.05, 0.1) is 11.6 Å². The molecule has 0 aromatic rings. The molecule has 6 nitrogen and oxygen atoms in total. The molecule has 3 aliphatic heterocycles. The highest BCUT2D eigenvalue weighted by molar-refractivity contribution is 5.86. The summed E-state index contributed by atoms with van der Waals surface area (Å²) in [7, 11) is 1.75. The molecule has 3 unspecified atom stereocenters. The van der Waals surface area contributed by atoms with Crippen molar-refractivity contribution in [3.8, 4) is 0 Å². The van der Waals surface area contributed by atoms with Crippen molar-refractivity contribution in [2.45, 2.75) is 50.4 Å². The fourth-order valence-electron chi connectivity index (χ4n) is 3.41. The van der Waals surface area contributed by atoms with Crippen LogP contribution < -0.4 is 5.32 Å². The topological polar surface area (TPSA) is 55.3 Å². The monoisotopic (exact) mass is 297 g/mol. The Labute approximate surface area is 126 Å². The Hall–Kier alpha value is -0.850. The largest absolute Gasteiger partial charge is 0.469 e. The summed E-state index contributed by atoms with van der Waals surface area (Å²) in [6, 6.07) is 0. The van der Waals surface area contributed by atoms with Gasteiger partial charge in [-0.2, -0.15) is 0 Å². The minimum atomic E-state index is -0.277. The number of methoxy groups -OCH3 is 1. The fourth-order valence-corrected chi connectivity index (χ4v) is 3.41. The number of nitrogens with one attached hydrogen (secondary N) is 1. The van der Waals surface area contributed by atoms with Gasteiger partial charge in [0, 0.05) is 26.6 Å². The second kappa shape index (κ2) is 6.50. The van der Waals surface area contributed by atoms with Crippen molar-refractivity contribution in [3.05, 3.63) is 0 Å². The normalized spacial score (nSPS) is 37.7. The third-order valence-electron chi connectivity index (χ3n) is 4.76. The lowest BCUT2D eigenvalue weighted by Crippen LogP contribution is -2.51. The number of hydrogen-bond donors (Lipinski definition) is 1. The zero-order valence-electron chi connectivity index (χ0n) is 13.1. The number of piperidine rings is 1. The second-order valence-corrected chi connectivity index (χ2v) is 6.57. The van der Waals surface area contributed by atoms with Crippen LogP contribution >= 0.6 is 0 Å². The summed E-state index contributed by atoms with van der Waals surface area (Å²) in [5, 5.41) is 7.61. The summed E-state index contributed by atoms with van der Waals surface area (Å²) >= 11 is 0. The molecule has 0 spiro atoms. The summed E-state index contributed by atoms with van der Waals surface area (Å²) in [6.45, 7) is 6.76. The molecule has 0 radical (unpaired) electrons. The Bertz CT molecular complexity index is 384. The van der Waals surface area contributed by atoms with Crippen molar-refractivity contribution in [2.75, 3.05) is 39.9 Å². The lowest BCUT2D eigenvalue weighted by molar-refractivity contribution is -0.0175. The van der Waals surface area contributed by atoms with Crippen molar-refractivity contribution in [2.24, 2.45) is 5.16 Å². The maximum atomic E-state index is 6.13. The quantitative estimate of drug-likeness (QED) is 0.838. The van der Waals surface area contributed by atoms with Gasteiger partial charge in [0.15, 0.2) is 6.61 Å². The molecule has 0 aliphatic carbocycles. The predicted molar refractivity (Wildman–Crippen MR) is 80.4 cm³/mol. The first-order chi connectivity index (χ1) is 10.2. The number of oxime groups is 1. The summed E-state index contributed by atoms with van der Waals surface area (Å²) in [5.74, 6) is 0.676. The number of rotatable bonds is 4. The molecular formula is C15H27N3O3. The van der Waals surface area contributed by atoms with E-state index in [9.17, 15) is 0 Å². The van der Waals surface area contributed by atoms with Crippen LogP contribution in [-0.4, -0.2) is 68.4 Å². The molecule has 0 bridgehead atoms. The van der Waals surface area contributed by atoms with Crippen LogP contribution in [0.5, 0.6) is 0 Å². The summed E-state index contributed by atoms with van der Waals surface area (Å²) in [6.07, 6.45) is 5.10. The molecule has 0 aromatic heterocycles. The number of hydrogen-bond acceptors (Lipinski definition) is 6. The molecule has 3 rings (SSSR count). The van der Waals surface area contributed by atoms with Crippen LogP contribution in [0.15, 0.2) is 5.16 Å². The highest BCUT2D eigenvalue weighted by Gasteiger charge is 2.43. The molecule has 1 N–H and O–H groups in total. The Morgan fingerprint density at radius 2 is 2.19 bits per heavy atom. The molecule has 0 saturated carbocycles. The molecule has 0 aromatic carbocycles. The zero-order valence-corrected chi connectivity index (χ0v) is 13.1. The Morgan fingerprint density at radius 3 is 2.90 bits per heavy atom. The van der Waals surface area contributed by atoms with Crippen molar-refractivity contribution >= 4 is 5.90 Å². The van der Waals surface area contributed by atoms with Gasteiger partial charge in [-0.05, 0) is 38.0 Å². The van der Waals surface area contributed by atoms with Crippen molar-refractivity contribution in [1.29, 1.82) is 0 Å². The molecule has 3 aliphatic rings. The molecule has 3 heterocycles. The molecule has 21 heavy (non-hydrogen) atoms. The molecular weight excluding hydrogens is 270 g/mol. The maximum Gasteiger partial charge on any atom is 0.246 e. The van der Waals surface area contributed by atoms with Gasteiger partial charge >= 0.3 is 0 Å². The maximum absolute atomic E-state index is 6.13. The van der Waals surface area contributed by atoms with Gasteiger partial charge in [-0.3, -0.25) is 4.90 Å². The average Bonchev–Trinajstić information content (AvgIpc) is 2.92.